The first-order chi connectivity index (χ1) is 12.3. The number of hydrogen-bond acceptors (Lipinski definition) is 6. The van der Waals surface area contributed by atoms with E-state index >= 15 is 0 Å². The van der Waals surface area contributed by atoms with Crippen LogP contribution in [0.2, 0.25) is 0 Å². The molecule has 0 radical (unpaired) electrons. The molecule has 3 heterocycles. The number of thioether (sulfide) groups is 1. The van der Waals surface area contributed by atoms with Crippen molar-refractivity contribution in [2.24, 2.45) is 10.1 Å². The lowest BCUT2D eigenvalue weighted by Gasteiger charge is -2.32. The summed E-state index contributed by atoms with van der Waals surface area (Å²) in [6, 6.07) is 11.7. The Balaban J connectivity index is 1.84. The molecule has 5 nitrogen and oxygen atoms in total. The molecule has 0 saturated heterocycles. The summed E-state index contributed by atoms with van der Waals surface area (Å²) >= 11 is 3.17. The molecule has 1 aromatic carbocycles. The fourth-order valence-corrected chi connectivity index (χ4v) is 3.96. The van der Waals surface area contributed by atoms with Crippen molar-refractivity contribution in [2.45, 2.75) is 13.1 Å². The van der Waals surface area contributed by atoms with Crippen LogP contribution in [0.1, 0.15) is 11.8 Å². The van der Waals surface area contributed by atoms with Gasteiger partial charge in [-0.2, -0.15) is 0 Å². The predicted octanol–water partition coefficient (Wildman–Crippen LogP) is 1.98. The molecule has 7 heteroatoms. The predicted molar refractivity (Wildman–Crippen MR) is 103 cm³/mol. The number of hydrazone groups is 1. The molecule has 4 rings (SSSR count). The first kappa shape index (κ1) is 16.1. The third-order valence-corrected chi connectivity index (χ3v) is 5.38. The van der Waals surface area contributed by atoms with Gasteiger partial charge in [-0.25, -0.2) is 5.01 Å². The van der Waals surface area contributed by atoms with Gasteiger partial charge >= 0.3 is 0 Å². The van der Waals surface area contributed by atoms with Gasteiger partial charge in [-0.3, -0.25) is 15.1 Å². The number of nitrogens with one attached hydrogen (secondary N) is 1. The summed E-state index contributed by atoms with van der Waals surface area (Å²) in [7, 11) is 0. The Hall–Kier alpha value is -2.38. The number of thiophene rings is 1. The number of nitrogens with zero attached hydrogens (tertiary/aromatic N) is 3. The average Bonchev–Trinajstić information content (AvgIpc) is 3.13. The quantitative estimate of drug-likeness (QED) is 0.901. The third-order valence-electron chi connectivity index (χ3n) is 3.80. The molecule has 2 aliphatic heterocycles. The highest BCUT2D eigenvalue weighted by Gasteiger charge is 2.32. The third kappa shape index (κ3) is 3.12. The summed E-state index contributed by atoms with van der Waals surface area (Å²) in [5, 5.41) is 13.5. The van der Waals surface area contributed by atoms with Crippen molar-refractivity contribution in [3.63, 3.8) is 0 Å². The van der Waals surface area contributed by atoms with E-state index in [4.69, 9.17) is 4.99 Å². The Kier molecular flexibility index (Phi) is 4.42. The lowest BCUT2D eigenvalue weighted by atomic mass is 10.1. The highest BCUT2D eigenvalue weighted by atomic mass is 32.2. The lowest BCUT2D eigenvalue weighted by molar-refractivity contribution is -0.116. The number of amidine groups is 1. The van der Waals surface area contributed by atoms with E-state index in [1.165, 1.54) is 11.8 Å². The highest BCUT2D eigenvalue weighted by molar-refractivity contribution is 8.13. The van der Waals surface area contributed by atoms with Crippen LogP contribution in [0.15, 0.2) is 57.9 Å². The minimum absolute atomic E-state index is 0.136. The molecular weight excluding hydrogens is 352 g/mol. The molecule has 0 spiro atoms. The smallest absolute Gasteiger partial charge is 0.276 e. The maximum atomic E-state index is 12.7. The van der Waals surface area contributed by atoms with E-state index in [9.17, 15) is 4.79 Å². The van der Waals surface area contributed by atoms with Crippen molar-refractivity contribution in [2.75, 3.05) is 5.75 Å². The molecule has 0 aliphatic carbocycles. The molecule has 0 unspecified atom stereocenters. The van der Waals surface area contributed by atoms with Crippen LogP contribution in [-0.4, -0.2) is 28.0 Å². The number of hydrogen-bond donors (Lipinski definition) is 1. The first-order valence-electron chi connectivity index (χ1n) is 7.97. The topological polar surface area (TPSA) is 57.1 Å². The van der Waals surface area contributed by atoms with E-state index < -0.39 is 0 Å². The molecule has 1 aromatic heterocycles. The van der Waals surface area contributed by atoms with Gasteiger partial charge < -0.3 is 0 Å². The van der Waals surface area contributed by atoms with Gasteiger partial charge in [0.1, 0.15) is 5.70 Å². The maximum absolute atomic E-state index is 12.7. The van der Waals surface area contributed by atoms with E-state index in [0.717, 1.165) is 21.2 Å². The Bertz CT molecular complexity index is 979. The molecular formula is C18H16N4OS2. The van der Waals surface area contributed by atoms with Crippen molar-refractivity contribution < 1.29 is 4.79 Å². The van der Waals surface area contributed by atoms with Gasteiger partial charge in [0.25, 0.3) is 5.91 Å². The van der Waals surface area contributed by atoms with Crippen LogP contribution < -0.4 is 15.9 Å². The SMILES string of the molecule is CCSC1=NN2C(=c3ccccc3=N[C@H]2/C=C/c2cccs2)C(=O)N1. The molecule has 0 bridgehead atoms. The van der Waals surface area contributed by atoms with Gasteiger partial charge in [0.2, 0.25) is 0 Å². The summed E-state index contributed by atoms with van der Waals surface area (Å²) in [6.07, 6.45) is 3.67. The number of carbonyl (C=O) groups is 1. The minimum atomic E-state index is -0.342. The fourth-order valence-electron chi connectivity index (χ4n) is 2.75. The maximum Gasteiger partial charge on any atom is 0.276 e. The van der Waals surface area contributed by atoms with Crippen LogP contribution in [0.4, 0.5) is 0 Å². The monoisotopic (exact) mass is 368 g/mol. The Morgan fingerprint density at radius 1 is 1.32 bits per heavy atom. The second kappa shape index (κ2) is 6.85. The largest absolute Gasteiger partial charge is 0.298 e. The van der Waals surface area contributed by atoms with Crippen molar-refractivity contribution in [3.8, 4) is 0 Å². The molecule has 0 fully saturated rings. The summed E-state index contributed by atoms with van der Waals surface area (Å²) in [5.41, 5.74) is 0.548. The zero-order chi connectivity index (χ0) is 17.2. The normalized spacial score (nSPS) is 19.2. The lowest BCUT2D eigenvalue weighted by Crippen LogP contribution is -2.52. The van der Waals surface area contributed by atoms with Gasteiger partial charge in [-0.1, -0.05) is 43.0 Å². The summed E-state index contributed by atoms with van der Waals surface area (Å²) < 4.78 is 0. The Labute approximate surface area is 153 Å². The standard InChI is InChI=1S/C18H16N4OS2/c1-2-24-18-20-17(23)16-13-7-3-4-8-14(13)19-15(22(16)21-18)10-9-12-6-5-11-25-12/h3-11,15H,2H2,1H3,(H,20,21,23)/b10-9+/t15-/m1/s1. The van der Waals surface area contributed by atoms with Crippen LogP contribution >= 0.6 is 23.1 Å². The van der Waals surface area contributed by atoms with Crippen molar-refractivity contribution >= 4 is 45.9 Å². The van der Waals surface area contributed by atoms with Crippen LogP contribution in [0.25, 0.3) is 11.8 Å². The van der Waals surface area contributed by atoms with Crippen molar-refractivity contribution in [3.05, 3.63) is 63.3 Å². The molecule has 1 N–H and O–H groups in total. The summed E-state index contributed by atoms with van der Waals surface area (Å²) in [6.45, 7) is 2.03. The van der Waals surface area contributed by atoms with Crippen LogP contribution in [0.3, 0.4) is 0 Å². The number of rotatable bonds is 3. The van der Waals surface area contributed by atoms with E-state index in [2.05, 4.69) is 10.4 Å². The molecule has 1 atom stereocenters. The number of para-hydroxylation sites is 1. The minimum Gasteiger partial charge on any atom is -0.298 e. The molecule has 126 valence electrons. The number of benzene rings is 1. The van der Waals surface area contributed by atoms with Gasteiger partial charge in [0, 0.05) is 10.1 Å². The van der Waals surface area contributed by atoms with Crippen LogP contribution in [0.5, 0.6) is 0 Å². The van der Waals surface area contributed by atoms with Crippen LogP contribution in [-0.2, 0) is 4.79 Å². The van der Waals surface area contributed by atoms with Crippen LogP contribution in [0, 0.1) is 0 Å². The summed E-state index contributed by atoms with van der Waals surface area (Å²) in [5.74, 6) is 0.703. The van der Waals surface area contributed by atoms with E-state index in [1.807, 2.05) is 60.9 Å². The second-order valence-corrected chi connectivity index (χ2v) is 7.65. The van der Waals surface area contributed by atoms with E-state index in [1.54, 1.807) is 16.3 Å². The average molecular weight is 368 g/mol. The molecule has 2 aliphatic rings. The van der Waals surface area contributed by atoms with Crippen molar-refractivity contribution in [1.82, 2.24) is 10.3 Å². The molecule has 2 aromatic rings. The van der Waals surface area contributed by atoms with Gasteiger partial charge in [0.05, 0.1) is 5.36 Å². The van der Waals surface area contributed by atoms with Gasteiger partial charge in [-0.05, 0) is 35.4 Å². The number of fused-ring (bicyclic) bond motifs is 2. The molecule has 1 amide bonds. The van der Waals surface area contributed by atoms with Gasteiger partial charge in [0.15, 0.2) is 11.3 Å². The number of amides is 1. The summed E-state index contributed by atoms with van der Waals surface area (Å²) in [4.78, 5) is 18.6. The molecule has 25 heavy (non-hydrogen) atoms. The van der Waals surface area contributed by atoms with Gasteiger partial charge in [-0.15, -0.1) is 16.4 Å². The number of carbonyl (C=O) groups excluding carboxylic acids is 1. The highest BCUT2D eigenvalue weighted by Crippen LogP contribution is 2.22. The zero-order valence-corrected chi connectivity index (χ0v) is 15.2. The molecule has 0 saturated carbocycles. The van der Waals surface area contributed by atoms with Crippen molar-refractivity contribution in [1.29, 1.82) is 0 Å². The fraction of sp³-hybridized carbons (Fsp3) is 0.167. The Morgan fingerprint density at radius 2 is 2.20 bits per heavy atom. The van der Waals surface area contributed by atoms with E-state index in [0.29, 0.717) is 10.9 Å². The zero-order valence-electron chi connectivity index (χ0n) is 13.5. The first-order valence-corrected chi connectivity index (χ1v) is 9.83. The Morgan fingerprint density at radius 3 is 3.00 bits per heavy atom. The van der Waals surface area contributed by atoms with E-state index in [-0.39, 0.29) is 12.1 Å². The second-order valence-electron chi connectivity index (χ2n) is 5.42.